The molecule has 0 saturated carbocycles. The highest BCUT2D eigenvalue weighted by atomic mass is 127. The molecular weight excluding hydrogens is 447 g/mol. The summed E-state index contributed by atoms with van der Waals surface area (Å²) < 4.78 is 16.1. The first-order valence-electron chi connectivity index (χ1n) is 8.72. The van der Waals surface area contributed by atoms with E-state index in [1.165, 1.54) is 0 Å². The fourth-order valence-corrected chi connectivity index (χ4v) is 2.77. The van der Waals surface area contributed by atoms with Crippen molar-refractivity contribution in [1.82, 2.24) is 15.5 Å². The molecule has 0 bridgehead atoms. The van der Waals surface area contributed by atoms with Crippen LogP contribution in [-0.4, -0.2) is 78.1 Å². The van der Waals surface area contributed by atoms with Crippen LogP contribution < -0.4 is 20.1 Å². The molecular formula is C18H31IN4O3. The predicted octanol–water partition coefficient (Wildman–Crippen LogP) is 1.36. The topological polar surface area (TPSA) is 67.4 Å². The summed E-state index contributed by atoms with van der Waals surface area (Å²) in [6.45, 7) is 6.29. The van der Waals surface area contributed by atoms with Gasteiger partial charge in [-0.2, -0.15) is 0 Å². The number of nitrogens with zero attached hydrogens (tertiary/aromatic N) is 2. The summed E-state index contributed by atoms with van der Waals surface area (Å²) >= 11 is 0. The number of rotatable bonds is 8. The molecule has 26 heavy (non-hydrogen) atoms. The maximum Gasteiger partial charge on any atom is 0.191 e. The number of benzene rings is 1. The Morgan fingerprint density at radius 2 is 1.88 bits per heavy atom. The Bertz CT molecular complexity index is 551. The third kappa shape index (κ3) is 7.55. The zero-order valence-corrected chi connectivity index (χ0v) is 18.2. The molecule has 1 saturated heterocycles. The van der Waals surface area contributed by atoms with Gasteiger partial charge in [0.05, 0.1) is 27.4 Å². The maximum atomic E-state index is 5.42. The highest BCUT2D eigenvalue weighted by Gasteiger charge is 2.10. The first kappa shape index (κ1) is 22.8. The average molecular weight is 478 g/mol. The van der Waals surface area contributed by atoms with Gasteiger partial charge in [0.2, 0.25) is 0 Å². The van der Waals surface area contributed by atoms with Gasteiger partial charge in [-0.25, -0.2) is 0 Å². The van der Waals surface area contributed by atoms with E-state index in [0.29, 0.717) is 0 Å². The summed E-state index contributed by atoms with van der Waals surface area (Å²) in [5, 5.41) is 6.70. The van der Waals surface area contributed by atoms with Crippen molar-refractivity contribution in [3.05, 3.63) is 23.8 Å². The highest BCUT2D eigenvalue weighted by Crippen LogP contribution is 2.24. The van der Waals surface area contributed by atoms with Crippen LogP contribution in [0.25, 0.3) is 0 Å². The largest absolute Gasteiger partial charge is 0.497 e. The third-order valence-corrected chi connectivity index (χ3v) is 4.22. The molecule has 1 aromatic rings. The molecule has 1 aliphatic rings. The molecule has 1 heterocycles. The third-order valence-electron chi connectivity index (χ3n) is 4.22. The fourth-order valence-electron chi connectivity index (χ4n) is 2.77. The van der Waals surface area contributed by atoms with E-state index in [-0.39, 0.29) is 24.0 Å². The van der Waals surface area contributed by atoms with Crippen LogP contribution in [0.5, 0.6) is 11.5 Å². The minimum Gasteiger partial charge on any atom is -0.497 e. The van der Waals surface area contributed by atoms with Crippen LogP contribution >= 0.6 is 24.0 Å². The Morgan fingerprint density at radius 3 is 2.54 bits per heavy atom. The van der Waals surface area contributed by atoms with Gasteiger partial charge >= 0.3 is 0 Å². The Hall–Kier alpha value is -1.26. The number of methoxy groups -OCH3 is 2. The second kappa shape index (κ2) is 13.0. The van der Waals surface area contributed by atoms with Crippen molar-refractivity contribution in [1.29, 1.82) is 0 Å². The summed E-state index contributed by atoms with van der Waals surface area (Å²) in [6, 6.07) is 5.85. The number of aliphatic imine (C=N–C) groups is 1. The molecule has 2 rings (SSSR count). The second-order valence-corrected chi connectivity index (χ2v) is 5.81. The van der Waals surface area contributed by atoms with E-state index < -0.39 is 0 Å². The molecule has 8 heteroatoms. The standard InChI is InChI=1S/C18H30N4O3.HI/c1-19-18(21-8-9-22-10-12-25-13-11-22)20-7-6-15-14-16(23-2)4-5-17(15)24-3;/h4-5,14H,6-13H2,1-3H3,(H2,19,20,21);1H. The Labute approximate surface area is 173 Å². The van der Waals surface area contributed by atoms with E-state index >= 15 is 0 Å². The molecule has 0 atom stereocenters. The average Bonchev–Trinajstić information content (AvgIpc) is 2.67. The Balaban J connectivity index is 0.00000338. The molecule has 1 fully saturated rings. The van der Waals surface area contributed by atoms with Crippen LogP contribution in [0.1, 0.15) is 5.56 Å². The van der Waals surface area contributed by atoms with Crippen LogP contribution in [0.15, 0.2) is 23.2 Å². The van der Waals surface area contributed by atoms with Crippen molar-refractivity contribution in [2.24, 2.45) is 4.99 Å². The lowest BCUT2D eigenvalue weighted by Gasteiger charge is -2.26. The van der Waals surface area contributed by atoms with Gasteiger partial charge in [-0.15, -0.1) is 24.0 Å². The molecule has 7 nitrogen and oxygen atoms in total. The molecule has 0 radical (unpaired) electrons. The first-order valence-corrected chi connectivity index (χ1v) is 8.72. The van der Waals surface area contributed by atoms with Crippen LogP contribution in [0, 0.1) is 0 Å². The van der Waals surface area contributed by atoms with Crippen molar-refractivity contribution in [2.45, 2.75) is 6.42 Å². The number of morpholine rings is 1. The SMILES string of the molecule is CN=C(NCCc1cc(OC)ccc1OC)NCCN1CCOCC1.I. The molecule has 1 aliphatic heterocycles. The Morgan fingerprint density at radius 1 is 1.15 bits per heavy atom. The lowest BCUT2D eigenvalue weighted by molar-refractivity contribution is 0.0389. The number of nitrogens with one attached hydrogen (secondary N) is 2. The van der Waals surface area contributed by atoms with Gasteiger partial charge in [-0.1, -0.05) is 0 Å². The fraction of sp³-hybridized carbons (Fsp3) is 0.611. The van der Waals surface area contributed by atoms with Crippen molar-refractivity contribution in [3.8, 4) is 11.5 Å². The van der Waals surface area contributed by atoms with Crippen molar-refractivity contribution >= 4 is 29.9 Å². The predicted molar refractivity (Wildman–Crippen MR) is 115 cm³/mol. The summed E-state index contributed by atoms with van der Waals surface area (Å²) in [5.41, 5.74) is 1.11. The van der Waals surface area contributed by atoms with Crippen LogP contribution in [-0.2, 0) is 11.2 Å². The van der Waals surface area contributed by atoms with E-state index in [0.717, 1.165) is 75.4 Å². The number of halogens is 1. The van der Waals surface area contributed by atoms with Gasteiger partial charge in [0.1, 0.15) is 11.5 Å². The summed E-state index contributed by atoms with van der Waals surface area (Å²) in [6.07, 6.45) is 0.824. The minimum atomic E-state index is 0. The summed E-state index contributed by atoms with van der Waals surface area (Å²) in [5.74, 6) is 2.52. The quantitative estimate of drug-likeness (QED) is 0.334. The minimum absolute atomic E-state index is 0. The molecule has 0 aromatic heterocycles. The molecule has 2 N–H and O–H groups in total. The van der Waals surface area contributed by atoms with Crippen molar-refractivity contribution in [3.63, 3.8) is 0 Å². The monoisotopic (exact) mass is 478 g/mol. The zero-order chi connectivity index (χ0) is 17.9. The maximum absolute atomic E-state index is 5.42. The summed E-state index contributed by atoms with van der Waals surface area (Å²) in [4.78, 5) is 6.67. The lowest BCUT2D eigenvalue weighted by atomic mass is 10.1. The van der Waals surface area contributed by atoms with Gasteiger partial charge < -0.3 is 24.8 Å². The molecule has 0 spiro atoms. The number of guanidine groups is 1. The lowest BCUT2D eigenvalue weighted by Crippen LogP contribution is -2.44. The normalized spacial score (nSPS) is 15.1. The molecule has 148 valence electrons. The van der Waals surface area contributed by atoms with E-state index in [1.54, 1.807) is 21.3 Å². The van der Waals surface area contributed by atoms with Crippen molar-refractivity contribution in [2.75, 3.05) is 67.2 Å². The van der Waals surface area contributed by atoms with E-state index in [1.807, 2.05) is 18.2 Å². The van der Waals surface area contributed by atoms with Gasteiger partial charge in [0.25, 0.3) is 0 Å². The van der Waals surface area contributed by atoms with E-state index in [2.05, 4.69) is 20.5 Å². The van der Waals surface area contributed by atoms with E-state index in [4.69, 9.17) is 14.2 Å². The Kier molecular flexibility index (Phi) is 11.4. The van der Waals surface area contributed by atoms with Crippen molar-refractivity contribution < 1.29 is 14.2 Å². The van der Waals surface area contributed by atoms with Crippen LogP contribution in [0.3, 0.4) is 0 Å². The molecule has 0 unspecified atom stereocenters. The number of hydrogen-bond acceptors (Lipinski definition) is 5. The number of hydrogen-bond donors (Lipinski definition) is 2. The zero-order valence-electron chi connectivity index (χ0n) is 15.9. The smallest absolute Gasteiger partial charge is 0.191 e. The van der Waals surface area contributed by atoms with Gasteiger partial charge in [0, 0.05) is 39.8 Å². The second-order valence-electron chi connectivity index (χ2n) is 5.81. The summed E-state index contributed by atoms with van der Waals surface area (Å²) in [7, 11) is 5.14. The van der Waals surface area contributed by atoms with E-state index in [9.17, 15) is 0 Å². The van der Waals surface area contributed by atoms with Crippen LogP contribution in [0.4, 0.5) is 0 Å². The number of ether oxygens (including phenoxy) is 3. The first-order chi connectivity index (χ1) is 12.3. The van der Waals surface area contributed by atoms with Gasteiger partial charge in [-0.05, 0) is 30.2 Å². The molecule has 0 amide bonds. The molecule has 0 aliphatic carbocycles. The van der Waals surface area contributed by atoms with Gasteiger partial charge in [-0.3, -0.25) is 9.89 Å². The van der Waals surface area contributed by atoms with Gasteiger partial charge in [0.15, 0.2) is 5.96 Å². The van der Waals surface area contributed by atoms with Crippen LogP contribution in [0.2, 0.25) is 0 Å². The molecule has 1 aromatic carbocycles. The highest BCUT2D eigenvalue weighted by molar-refractivity contribution is 14.0.